The third kappa shape index (κ3) is 4.28. The van der Waals surface area contributed by atoms with Crippen molar-refractivity contribution in [3.8, 4) is 22.8 Å². The lowest BCUT2D eigenvalue weighted by Crippen LogP contribution is -2.41. The van der Waals surface area contributed by atoms with E-state index in [2.05, 4.69) is 22.3 Å². The molecule has 1 atom stereocenters. The van der Waals surface area contributed by atoms with E-state index < -0.39 is 0 Å². The molecule has 2 aromatic rings. The summed E-state index contributed by atoms with van der Waals surface area (Å²) in [6.45, 7) is 5.41. The zero-order chi connectivity index (χ0) is 19.3. The molecule has 1 N–H and O–H groups in total. The van der Waals surface area contributed by atoms with Crippen LogP contribution >= 0.6 is 0 Å². The van der Waals surface area contributed by atoms with Crippen LogP contribution in [0.5, 0.6) is 11.5 Å². The van der Waals surface area contributed by atoms with Gasteiger partial charge in [-0.05, 0) is 44.1 Å². The van der Waals surface area contributed by atoms with Gasteiger partial charge in [-0.2, -0.15) is 0 Å². The maximum absolute atomic E-state index is 12.0. The van der Waals surface area contributed by atoms with Crippen LogP contribution < -0.4 is 14.8 Å². The Morgan fingerprint density at radius 3 is 3.11 bits per heavy atom. The number of fused-ring (bicyclic) bond motifs is 1. The van der Waals surface area contributed by atoms with Crippen molar-refractivity contribution in [2.75, 3.05) is 33.0 Å². The molecule has 2 aliphatic rings. The van der Waals surface area contributed by atoms with Crippen LogP contribution in [0.15, 0.2) is 28.8 Å². The molecular formula is C20H25N3O5. The number of likely N-dealkylation sites (tertiary alicyclic amines) is 1. The van der Waals surface area contributed by atoms with Crippen molar-refractivity contribution in [2.24, 2.45) is 0 Å². The van der Waals surface area contributed by atoms with Gasteiger partial charge in [-0.25, -0.2) is 0 Å². The van der Waals surface area contributed by atoms with Crippen molar-refractivity contribution in [3.05, 3.63) is 30.0 Å². The quantitative estimate of drug-likeness (QED) is 0.743. The number of nitrogens with one attached hydrogen (secondary N) is 1. The molecule has 1 aromatic heterocycles. The Hall–Kier alpha value is -2.58. The Labute approximate surface area is 163 Å². The largest absolute Gasteiger partial charge is 0.454 e. The zero-order valence-electron chi connectivity index (χ0n) is 16.0. The van der Waals surface area contributed by atoms with Gasteiger partial charge < -0.3 is 24.1 Å². The van der Waals surface area contributed by atoms with E-state index in [4.69, 9.17) is 18.7 Å². The lowest BCUT2D eigenvalue weighted by atomic mass is 10.1. The van der Waals surface area contributed by atoms with Gasteiger partial charge in [0.25, 0.3) is 0 Å². The van der Waals surface area contributed by atoms with Crippen LogP contribution in [0.1, 0.15) is 25.5 Å². The monoisotopic (exact) mass is 387 g/mol. The van der Waals surface area contributed by atoms with E-state index in [9.17, 15) is 4.79 Å². The minimum Gasteiger partial charge on any atom is -0.454 e. The lowest BCUT2D eigenvalue weighted by Gasteiger charge is -2.22. The first-order valence-corrected chi connectivity index (χ1v) is 9.67. The second-order valence-corrected chi connectivity index (χ2v) is 6.97. The fraction of sp³-hybridized carbons (Fsp3) is 0.500. The van der Waals surface area contributed by atoms with Gasteiger partial charge in [0.05, 0.1) is 6.61 Å². The van der Waals surface area contributed by atoms with Crippen molar-refractivity contribution in [3.63, 3.8) is 0 Å². The summed E-state index contributed by atoms with van der Waals surface area (Å²) in [7, 11) is 0. The number of amides is 1. The highest BCUT2D eigenvalue weighted by Crippen LogP contribution is 2.36. The molecule has 1 aromatic carbocycles. The van der Waals surface area contributed by atoms with Crippen molar-refractivity contribution >= 4 is 5.91 Å². The average molecular weight is 387 g/mol. The van der Waals surface area contributed by atoms with Crippen molar-refractivity contribution in [1.29, 1.82) is 0 Å². The van der Waals surface area contributed by atoms with Gasteiger partial charge in [-0.15, -0.1) is 0 Å². The van der Waals surface area contributed by atoms with Crippen LogP contribution in [0, 0.1) is 0 Å². The Bertz CT molecular complexity index is 822. The Kier molecular flexibility index (Phi) is 5.78. The van der Waals surface area contributed by atoms with Crippen LogP contribution in [0.4, 0.5) is 0 Å². The molecule has 3 heterocycles. The molecule has 2 aliphatic heterocycles. The SMILES string of the molecule is CCN1CCC[C@H]1CNC(=O)COCc1cc(-c2ccc3c(c2)OCO3)on1. The summed E-state index contributed by atoms with van der Waals surface area (Å²) >= 11 is 0. The predicted molar refractivity (Wildman–Crippen MR) is 101 cm³/mol. The maximum atomic E-state index is 12.0. The number of benzene rings is 1. The molecule has 8 heteroatoms. The molecular weight excluding hydrogens is 362 g/mol. The van der Waals surface area contributed by atoms with E-state index in [0.717, 1.165) is 30.8 Å². The summed E-state index contributed by atoms with van der Waals surface area (Å²) in [5.74, 6) is 1.91. The van der Waals surface area contributed by atoms with Gasteiger partial charge in [0.15, 0.2) is 17.3 Å². The molecule has 8 nitrogen and oxygen atoms in total. The number of nitrogens with zero attached hydrogens (tertiary/aromatic N) is 2. The summed E-state index contributed by atoms with van der Waals surface area (Å²) in [4.78, 5) is 14.4. The first-order chi connectivity index (χ1) is 13.7. The molecule has 28 heavy (non-hydrogen) atoms. The molecule has 1 fully saturated rings. The van der Waals surface area contributed by atoms with Gasteiger partial charge in [0.2, 0.25) is 12.7 Å². The standard InChI is InChI=1S/C20H25N3O5/c1-2-23-7-3-4-16(23)10-21-20(24)12-25-11-15-9-18(28-22-15)14-5-6-17-19(8-14)27-13-26-17/h5-6,8-9,16H,2-4,7,10-13H2,1H3,(H,21,24)/t16-/m0/s1. The number of carbonyl (C=O) groups excluding carboxylic acids is 1. The highest BCUT2D eigenvalue weighted by atomic mass is 16.7. The fourth-order valence-electron chi connectivity index (χ4n) is 3.64. The van der Waals surface area contributed by atoms with Gasteiger partial charge in [-0.1, -0.05) is 12.1 Å². The minimum absolute atomic E-state index is 0.00502. The van der Waals surface area contributed by atoms with Gasteiger partial charge in [0, 0.05) is 24.2 Å². The molecule has 0 radical (unpaired) electrons. The smallest absolute Gasteiger partial charge is 0.246 e. The second kappa shape index (κ2) is 8.62. The van der Waals surface area contributed by atoms with E-state index in [0.29, 0.717) is 29.8 Å². The van der Waals surface area contributed by atoms with E-state index in [1.165, 1.54) is 6.42 Å². The van der Waals surface area contributed by atoms with Gasteiger partial charge in [0.1, 0.15) is 12.3 Å². The van der Waals surface area contributed by atoms with Crippen molar-refractivity contribution in [2.45, 2.75) is 32.4 Å². The lowest BCUT2D eigenvalue weighted by molar-refractivity contribution is -0.126. The third-order valence-corrected chi connectivity index (χ3v) is 5.14. The highest BCUT2D eigenvalue weighted by Gasteiger charge is 2.23. The normalized spacial score (nSPS) is 18.5. The molecule has 150 valence electrons. The molecule has 0 aliphatic carbocycles. The molecule has 1 saturated heterocycles. The van der Waals surface area contributed by atoms with Crippen LogP contribution in [-0.2, 0) is 16.1 Å². The fourth-order valence-corrected chi connectivity index (χ4v) is 3.64. The Morgan fingerprint density at radius 1 is 1.32 bits per heavy atom. The Morgan fingerprint density at radius 2 is 2.21 bits per heavy atom. The highest BCUT2D eigenvalue weighted by molar-refractivity contribution is 5.77. The first kappa shape index (κ1) is 18.8. The summed E-state index contributed by atoms with van der Waals surface area (Å²) in [6, 6.07) is 7.81. The van der Waals surface area contributed by atoms with E-state index in [1.54, 1.807) is 6.07 Å². The number of carbonyl (C=O) groups is 1. The second-order valence-electron chi connectivity index (χ2n) is 6.97. The van der Waals surface area contributed by atoms with Crippen LogP contribution in [-0.4, -0.2) is 55.0 Å². The van der Waals surface area contributed by atoms with Crippen LogP contribution in [0.25, 0.3) is 11.3 Å². The number of aromatic nitrogens is 1. The average Bonchev–Trinajstić information content (AvgIpc) is 3.45. The third-order valence-electron chi connectivity index (χ3n) is 5.14. The van der Waals surface area contributed by atoms with Crippen LogP contribution in [0.3, 0.4) is 0 Å². The molecule has 0 bridgehead atoms. The van der Waals surface area contributed by atoms with E-state index in [1.807, 2.05) is 18.2 Å². The maximum Gasteiger partial charge on any atom is 0.246 e. The number of hydrogen-bond acceptors (Lipinski definition) is 7. The topological polar surface area (TPSA) is 86.1 Å². The summed E-state index contributed by atoms with van der Waals surface area (Å²) in [6.07, 6.45) is 2.33. The summed E-state index contributed by atoms with van der Waals surface area (Å²) in [5.41, 5.74) is 1.48. The zero-order valence-corrected chi connectivity index (χ0v) is 16.0. The van der Waals surface area contributed by atoms with Gasteiger partial charge in [-0.3, -0.25) is 9.69 Å². The van der Waals surface area contributed by atoms with Crippen LogP contribution in [0.2, 0.25) is 0 Å². The predicted octanol–water partition coefficient (Wildman–Crippen LogP) is 2.19. The first-order valence-electron chi connectivity index (χ1n) is 9.67. The summed E-state index contributed by atoms with van der Waals surface area (Å²) < 4.78 is 21.5. The molecule has 4 rings (SSSR count). The number of ether oxygens (including phenoxy) is 3. The number of rotatable bonds is 8. The molecule has 0 unspecified atom stereocenters. The minimum atomic E-state index is -0.109. The van der Waals surface area contributed by atoms with E-state index >= 15 is 0 Å². The van der Waals surface area contributed by atoms with Crippen molar-refractivity contribution in [1.82, 2.24) is 15.4 Å². The van der Waals surface area contributed by atoms with Gasteiger partial charge >= 0.3 is 0 Å². The van der Waals surface area contributed by atoms with E-state index in [-0.39, 0.29) is 25.9 Å². The van der Waals surface area contributed by atoms with Crippen molar-refractivity contribution < 1.29 is 23.5 Å². The Balaban J connectivity index is 1.22. The number of hydrogen-bond donors (Lipinski definition) is 1. The number of likely N-dealkylation sites (N-methyl/N-ethyl adjacent to an activating group) is 1. The molecule has 1 amide bonds. The molecule has 0 spiro atoms. The summed E-state index contributed by atoms with van der Waals surface area (Å²) in [5, 5.41) is 6.96. The molecule has 0 saturated carbocycles.